The van der Waals surface area contributed by atoms with Gasteiger partial charge in [-0.15, -0.1) is 0 Å². The molecular formula is C14H23NO3. The molecule has 1 N–H and O–H groups in total. The average molecular weight is 253 g/mol. The first-order valence-corrected chi connectivity index (χ1v) is 6.74. The number of aldehydes is 1. The quantitative estimate of drug-likeness (QED) is 0.769. The van der Waals surface area contributed by atoms with Gasteiger partial charge in [0.15, 0.2) is 0 Å². The number of carbonyl (C=O) groups excluding carboxylic acids is 1. The predicted octanol–water partition coefficient (Wildman–Crippen LogP) is 3.06. The summed E-state index contributed by atoms with van der Waals surface area (Å²) in [6.45, 7) is 5.85. The van der Waals surface area contributed by atoms with Crippen LogP contribution in [0.15, 0.2) is 0 Å². The highest BCUT2D eigenvalue weighted by molar-refractivity contribution is 5.68. The van der Waals surface area contributed by atoms with E-state index in [0.29, 0.717) is 0 Å². The highest BCUT2D eigenvalue weighted by atomic mass is 16.4. The summed E-state index contributed by atoms with van der Waals surface area (Å²) in [5.74, 6) is 0. The Morgan fingerprint density at radius 2 is 1.56 bits per heavy atom. The van der Waals surface area contributed by atoms with Crippen molar-refractivity contribution < 1.29 is 14.7 Å². The van der Waals surface area contributed by atoms with Crippen molar-refractivity contribution in [3.8, 4) is 0 Å². The van der Waals surface area contributed by atoms with E-state index in [0.717, 1.165) is 44.8 Å². The Kier molecular flexibility index (Phi) is 2.95. The molecule has 3 aliphatic carbocycles. The van der Waals surface area contributed by atoms with Gasteiger partial charge in [0, 0.05) is 16.5 Å². The molecule has 0 aromatic carbocycles. The van der Waals surface area contributed by atoms with Crippen LogP contribution in [0, 0.1) is 5.41 Å². The van der Waals surface area contributed by atoms with E-state index in [1.165, 1.54) is 0 Å². The van der Waals surface area contributed by atoms with Crippen molar-refractivity contribution in [2.45, 2.75) is 70.4 Å². The first-order valence-electron chi connectivity index (χ1n) is 6.74. The smallest absolute Gasteiger partial charge is 0.408 e. The third-order valence-corrected chi connectivity index (χ3v) is 4.85. The molecule has 0 spiro atoms. The maximum atomic E-state index is 11.6. The standard InChI is InChI=1S/C14H23NO3/c1-12(2,3)15(11(17)18)14-7-4-13(10-16,5-8-14)6-9-14/h10H,4-9H2,1-3H3,(H,17,18). The summed E-state index contributed by atoms with van der Waals surface area (Å²) in [6, 6.07) is 0. The second-order valence-corrected chi connectivity index (χ2v) is 6.99. The van der Waals surface area contributed by atoms with E-state index in [9.17, 15) is 14.7 Å². The van der Waals surface area contributed by atoms with Crippen molar-refractivity contribution in [1.29, 1.82) is 0 Å². The fourth-order valence-corrected chi connectivity index (χ4v) is 3.91. The van der Waals surface area contributed by atoms with E-state index in [1.807, 2.05) is 20.8 Å². The van der Waals surface area contributed by atoms with Crippen molar-refractivity contribution >= 4 is 12.4 Å². The van der Waals surface area contributed by atoms with E-state index in [2.05, 4.69) is 0 Å². The molecule has 0 aromatic rings. The van der Waals surface area contributed by atoms with Gasteiger partial charge in [-0.05, 0) is 59.3 Å². The van der Waals surface area contributed by atoms with Crippen molar-refractivity contribution in [3.63, 3.8) is 0 Å². The predicted molar refractivity (Wildman–Crippen MR) is 68.5 cm³/mol. The molecule has 3 rings (SSSR count). The highest BCUT2D eigenvalue weighted by Gasteiger charge is 2.54. The fourth-order valence-electron chi connectivity index (χ4n) is 3.91. The molecule has 0 aliphatic heterocycles. The molecule has 4 heteroatoms. The fraction of sp³-hybridized carbons (Fsp3) is 0.857. The summed E-state index contributed by atoms with van der Waals surface area (Å²) in [5.41, 5.74) is -0.775. The molecule has 3 aliphatic rings. The van der Waals surface area contributed by atoms with Crippen molar-refractivity contribution in [3.05, 3.63) is 0 Å². The largest absolute Gasteiger partial charge is 0.465 e. The van der Waals surface area contributed by atoms with E-state index < -0.39 is 6.09 Å². The second kappa shape index (κ2) is 3.97. The minimum Gasteiger partial charge on any atom is -0.465 e. The summed E-state index contributed by atoms with van der Waals surface area (Å²) in [7, 11) is 0. The molecule has 0 heterocycles. The monoisotopic (exact) mass is 253 g/mol. The lowest BCUT2D eigenvalue weighted by Gasteiger charge is -2.58. The summed E-state index contributed by atoms with van der Waals surface area (Å²) in [4.78, 5) is 24.5. The maximum Gasteiger partial charge on any atom is 0.408 e. The second-order valence-electron chi connectivity index (χ2n) is 6.99. The van der Waals surface area contributed by atoms with Crippen LogP contribution in [0.4, 0.5) is 4.79 Å². The molecule has 0 saturated heterocycles. The van der Waals surface area contributed by atoms with Crippen LogP contribution >= 0.6 is 0 Å². The van der Waals surface area contributed by atoms with Crippen LogP contribution in [0.5, 0.6) is 0 Å². The minimum atomic E-state index is -0.831. The van der Waals surface area contributed by atoms with Gasteiger partial charge in [-0.25, -0.2) is 4.79 Å². The third-order valence-electron chi connectivity index (χ3n) is 4.85. The molecule has 102 valence electrons. The van der Waals surface area contributed by atoms with Gasteiger partial charge < -0.3 is 9.90 Å². The SMILES string of the molecule is CC(C)(C)N(C(=O)O)C12CCC(C=O)(CC1)CC2. The van der Waals surface area contributed by atoms with E-state index >= 15 is 0 Å². The lowest BCUT2D eigenvalue weighted by molar-refractivity contribution is -0.128. The summed E-state index contributed by atoms with van der Waals surface area (Å²) < 4.78 is 0. The van der Waals surface area contributed by atoms with Gasteiger partial charge in [0.25, 0.3) is 0 Å². The van der Waals surface area contributed by atoms with Crippen LogP contribution in [0.1, 0.15) is 59.3 Å². The zero-order valence-electron chi connectivity index (χ0n) is 11.5. The minimum absolute atomic E-state index is 0.149. The molecule has 0 aromatic heterocycles. The normalized spacial score (nSPS) is 35.3. The molecule has 4 nitrogen and oxygen atoms in total. The molecule has 1 amide bonds. The zero-order valence-corrected chi connectivity index (χ0v) is 11.5. The van der Waals surface area contributed by atoms with Gasteiger partial charge in [-0.2, -0.15) is 0 Å². The Bertz CT molecular complexity index is 345. The Labute approximate surface area is 108 Å². The van der Waals surface area contributed by atoms with E-state index in [-0.39, 0.29) is 16.5 Å². The molecule has 0 unspecified atom stereocenters. The Morgan fingerprint density at radius 1 is 1.11 bits per heavy atom. The number of hydrogen-bond acceptors (Lipinski definition) is 2. The summed E-state index contributed by atoms with van der Waals surface area (Å²) >= 11 is 0. The Hall–Kier alpha value is -1.06. The molecule has 18 heavy (non-hydrogen) atoms. The van der Waals surface area contributed by atoms with Gasteiger partial charge in [-0.3, -0.25) is 4.90 Å². The van der Waals surface area contributed by atoms with Gasteiger partial charge in [0.05, 0.1) is 0 Å². The number of rotatable bonds is 2. The van der Waals surface area contributed by atoms with Crippen molar-refractivity contribution in [2.24, 2.45) is 5.41 Å². The Morgan fingerprint density at radius 3 is 1.83 bits per heavy atom. The van der Waals surface area contributed by atoms with Crippen molar-refractivity contribution in [1.82, 2.24) is 4.90 Å². The highest BCUT2D eigenvalue weighted by Crippen LogP contribution is 2.54. The maximum absolute atomic E-state index is 11.6. The Balaban J connectivity index is 2.28. The third kappa shape index (κ3) is 1.91. The molecule has 0 radical (unpaired) electrons. The number of fused-ring (bicyclic) bond motifs is 3. The zero-order chi connectivity index (χ0) is 13.6. The first kappa shape index (κ1) is 13.4. The van der Waals surface area contributed by atoms with E-state index in [4.69, 9.17) is 0 Å². The van der Waals surface area contributed by atoms with Gasteiger partial charge >= 0.3 is 6.09 Å². The molecule has 3 fully saturated rings. The molecule has 0 atom stereocenters. The van der Waals surface area contributed by atoms with Crippen LogP contribution in [0.3, 0.4) is 0 Å². The number of hydrogen-bond donors (Lipinski definition) is 1. The van der Waals surface area contributed by atoms with Crippen LogP contribution in [0.25, 0.3) is 0 Å². The lowest BCUT2D eigenvalue weighted by Crippen LogP contribution is -2.64. The summed E-state index contributed by atoms with van der Waals surface area (Å²) in [6.07, 6.45) is 5.30. The molecule has 3 saturated carbocycles. The lowest BCUT2D eigenvalue weighted by atomic mass is 9.57. The number of carbonyl (C=O) groups is 2. The number of carboxylic acid groups (broad SMARTS) is 1. The topological polar surface area (TPSA) is 57.6 Å². The number of amides is 1. The average Bonchev–Trinajstić information content (AvgIpc) is 2.28. The van der Waals surface area contributed by atoms with E-state index in [1.54, 1.807) is 4.90 Å². The van der Waals surface area contributed by atoms with Gasteiger partial charge in [0.1, 0.15) is 6.29 Å². The van der Waals surface area contributed by atoms with Crippen LogP contribution < -0.4 is 0 Å². The van der Waals surface area contributed by atoms with Crippen LogP contribution in [-0.4, -0.2) is 33.5 Å². The number of nitrogens with zero attached hydrogens (tertiary/aromatic N) is 1. The van der Waals surface area contributed by atoms with Gasteiger partial charge in [-0.1, -0.05) is 0 Å². The molecule has 2 bridgehead atoms. The van der Waals surface area contributed by atoms with Crippen LogP contribution in [0.2, 0.25) is 0 Å². The first-order chi connectivity index (χ1) is 8.25. The van der Waals surface area contributed by atoms with Crippen LogP contribution in [-0.2, 0) is 4.79 Å². The van der Waals surface area contributed by atoms with Gasteiger partial charge in [0.2, 0.25) is 0 Å². The van der Waals surface area contributed by atoms with Crippen molar-refractivity contribution in [2.75, 3.05) is 0 Å². The summed E-state index contributed by atoms with van der Waals surface area (Å²) in [5, 5.41) is 9.55. The molecular weight excluding hydrogens is 230 g/mol.